The highest BCUT2D eigenvalue weighted by Crippen LogP contribution is 2.28. The summed E-state index contributed by atoms with van der Waals surface area (Å²) in [5.41, 5.74) is 8.79. The van der Waals surface area contributed by atoms with Crippen molar-refractivity contribution in [2.75, 3.05) is 12.3 Å². The molecule has 1 aromatic carbocycles. The summed E-state index contributed by atoms with van der Waals surface area (Å²) >= 11 is 0. The number of benzene rings is 1. The zero-order valence-electron chi connectivity index (χ0n) is 12.9. The fourth-order valence-corrected chi connectivity index (χ4v) is 2.59. The van der Waals surface area contributed by atoms with Crippen molar-refractivity contribution in [2.24, 2.45) is 5.92 Å². The number of hydrogen-bond donors (Lipinski definition) is 2. The number of fused-ring (bicyclic) bond motifs is 1. The van der Waals surface area contributed by atoms with Gasteiger partial charge in [-0.3, -0.25) is 4.79 Å². The second kappa shape index (κ2) is 6.30. The van der Waals surface area contributed by atoms with Crippen LogP contribution in [0.25, 0.3) is 10.9 Å². The Bertz CT molecular complexity index is 694. The van der Waals surface area contributed by atoms with Gasteiger partial charge in [0.25, 0.3) is 5.91 Å². The molecule has 0 bridgehead atoms. The molecule has 1 fully saturated rings. The molecule has 1 amide bonds. The molecule has 2 aromatic rings. The Morgan fingerprint density at radius 2 is 2.18 bits per heavy atom. The summed E-state index contributed by atoms with van der Waals surface area (Å²) in [5, 5.41) is 12.1. The topological polar surface area (TPSA) is 80.9 Å². The van der Waals surface area contributed by atoms with Crippen molar-refractivity contribution in [3.63, 3.8) is 0 Å². The van der Waals surface area contributed by atoms with Crippen LogP contribution in [0.2, 0.25) is 0 Å². The second-order valence-electron chi connectivity index (χ2n) is 6.03. The van der Waals surface area contributed by atoms with Gasteiger partial charge < -0.3 is 11.1 Å². The maximum Gasteiger partial charge on any atom is 0.273 e. The van der Waals surface area contributed by atoms with E-state index in [0.717, 1.165) is 35.7 Å². The normalized spacial score (nSPS) is 14.2. The Hall–Kier alpha value is -2.17. The van der Waals surface area contributed by atoms with E-state index in [-0.39, 0.29) is 11.6 Å². The predicted octanol–water partition coefficient (Wildman–Crippen LogP) is 2.69. The number of aromatic nitrogens is 2. The van der Waals surface area contributed by atoms with E-state index in [9.17, 15) is 4.79 Å². The lowest BCUT2D eigenvalue weighted by molar-refractivity contribution is 0.0947. The van der Waals surface area contributed by atoms with Crippen LogP contribution in [0, 0.1) is 5.92 Å². The number of aryl methyl sites for hydroxylation is 1. The van der Waals surface area contributed by atoms with E-state index in [1.165, 1.54) is 12.8 Å². The molecule has 1 aliphatic carbocycles. The van der Waals surface area contributed by atoms with Gasteiger partial charge in [-0.1, -0.05) is 31.5 Å². The van der Waals surface area contributed by atoms with Crippen LogP contribution >= 0.6 is 0 Å². The first kappa shape index (κ1) is 14.8. The van der Waals surface area contributed by atoms with Gasteiger partial charge in [-0.2, -0.15) is 0 Å². The number of amides is 1. The van der Waals surface area contributed by atoms with Crippen molar-refractivity contribution in [1.29, 1.82) is 0 Å². The lowest BCUT2D eigenvalue weighted by atomic mass is 10.0. The number of nitrogens with zero attached hydrogens (tertiary/aromatic N) is 2. The minimum Gasteiger partial charge on any atom is -0.396 e. The lowest BCUT2D eigenvalue weighted by Crippen LogP contribution is -2.27. The first-order chi connectivity index (χ1) is 10.7. The maximum absolute atomic E-state index is 12.2. The molecule has 1 aromatic heterocycles. The van der Waals surface area contributed by atoms with Crippen LogP contribution in [0.5, 0.6) is 0 Å². The number of carbonyl (C=O) groups is 1. The quantitative estimate of drug-likeness (QED) is 0.859. The summed E-state index contributed by atoms with van der Waals surface area (Å²) in [6.45, 7) is 2.86. The molecular formula is C17H22N4O. The number of hydrogen-bond acceptors (Lipinski definition) is 4. The third kappa shape index (κ3) is 3.03. The molecule has 1 aliphatic rings. The molecule has 0 aliphatic heterocycles. The molecule has 22 heavy (non-hydrogen) atoms. The highest BCUT2D eigenvalue weighted by atomic mass is 16.1. The molecule has 0 saturated heterocycles. The molecular weight excluding hydrogens is 276 g/mol. The molecule has 0 spiro atoms. The third-order valence-corrected chi connectivity index (χ3v) is 4.18. The molecule has 3 rings (SSSR count). The Kier molecular flexibility index (Phi) is 4.22. The Morgan fingerprint density at radius 1 is 1.36 bits per heavy atom. The van der Waals surface area contributed by atoms with E-state index in [0.29, 0.717) is 18.2 Å². The van der Waals surface area contributed by atoms with Gasteiger partial charge in [0.05, 0.1) is 11.2 Å². The predicted molar refractivity (Wildman–Crippen MR) is 87.6 cm³/mol. The van der Waals surface area contributed by atoms with Crippen LogP contribution in [0.1, 0.15) is 48.7 Å². The Labute approximate surface area is 130 Å². The van der Waals surface area contributed by atoms with Gasteiger partial charge >= 0.3 is 0 Å². The van der Waals surface area contributed by atoms with Crippen molar-refractivity contribution < 1.29 is 4.79 Å². The summed E-state index contributed by atoms with van der Waals surface area (Å²) < 4.78 is 0. The fraction of sp³-hybridized carbons (Fsp3) is 0.471. The van der Waals surface area contributed by atoms with Crippen LogP contribution in [-0.4, -0.2) is 22.6 Å². The minimum atomic E-state index is -0.224. The summed E-state index contributed by atoms with van der Waals surface area (Å²) in [6, 6.07) is 5.93. The number of nitrogen functional groups attached to an aromatic ring is 1. The molecule has 1 heterocycles. The highest BCUT2D eigenvalue weighted by molar-refractivity contribution is 6.04. The van der Waals surface area contributed by atoms with Gasteiger partial charge in [-0.05, 0) is 37.2 Å². The van der Waals surface area contributed by atoms with E-state index >= 15 is 0 Å². The van der Waals surface area contributed by atoms with Gasteiger partial charge in [-0.15, -0.1) is 10.2 Å². The SMILES string of the molecule is CCCCc1cccc2c(N)c(C(=O)NCC3CC3)nnc12. The van der Waals surface area contributed by atoms with Crippen molar-refractivity contribution in [3.05, 3.63) is 29.5 Å². The van der Waals surface area contributed by atoms with E-state index in [1.54, 1.807) is 0 Å². The molecule has 116 valence electrons. The molecule has 0 radical (unpaired) electrons. The van der Waals surface area contributed by atoms with E-state index in [2.05, 4.69) is 28.5 Å². The van der Waals surface area contributed by atoms with Crippen LogP contribution in [0.4, 0.5) is 5.69 Å². The largest absolute Gasteiger partial charge is 0.396 e. The second-order valence-corrected chi connectivity index (χ2v) is 6.03. The van der Waals surface area contributed by atoms with Gasteiger partial charge in [-0.25, -0.2) is 0 Å². The molecule has 1 saturated carbocycles. The summed E-state index contributed by atoms with van der Waals surface area (Å²) in [4.78, 5) is 12.2. The summed E-state index contributed by atoms with van der Waals surface area (Å²) in [6.07, 6.45) is 5.57. The number of rotatable bonds is 6. The smallest absolute Gasteiger partial charge is 0.273 e. The Balaban J connectivity index is 1.89. The minimum absolute atomic E-state index is 0.224. The monoisotopic (exact) mass is 298 g/mol. The van der Waals surface area contributed by atoms with Gasteiger partial charge in [0.15, 0.2) is 5.69 Å². The van der Waals surface area contributed by atoms with Gasteiger partial charge in [0.2, 0.25) is 0 Å². The Morgan fingerprint density at radius 3 is 2.91 bits per heavy atom. The average Bonchev–Trinajstić information content (AvgIpc) is 3.35. The molecule has 0 unspecified atom stereocenters. The van der Waals surface area contributed by atoms with Gasteiger partial charge in [0, 0.05) is 11.9 Å². The lowest BCUT2D eigenvalue weighted by Gasteiger charge is -2.10. The van der Waals surface area contributed by atoms with Crippen LogP contribution in [0.15, 0.2) is 18.2 Å². The van der Waals surface area contributed by atoms with Crippen molar-refractivity contribution >= 4 is 22.5 Å². The van der Waals surface area contributed by atoms with Crippen molar-refractivity contribution in [1.82, 2.24) is 15.5 Å². The van der Waals surface area contributed by atoms with Crippen LogP contribution in [0.3, 0.4) is 0 Å². The average molecular weight is 298 g/mol. The van der Waals surface area contributed by atoms with Crippen molar-refractivity contribution in [3.8, 4) is 0 Å². The van der Waals surface area contributed by atoms with Gasteiger partial charge in [0.1, 0.15) is 0 Å². The zero-order valence-corrected chi connectivity index (χ0v) is 12.9. The number of anilines is 1. The highest BCUT2D eigenvalue weighted by Gasteiger charge is 2.23. The molecule has 5 heteroatoms. The van der Waals surface area contributed by atoms with E-state index in [4.69, 9.17) is 5.73 Å². The third-order valence-electron chi connectivity index (χ3n) is 4.18. The van der Waals surface area contributed by atoms with E-state index < -0.39 is 0 Å². The van der Waals surface area contributed by atoms with E-state index in [1.807, 2.05) is 12.1 Å². The number of nitrogens with one attached hydrogen (secondary N) is 1. The number of carbonyl (C=O) groups excluding carboxylic acids is 1. The first-order valence-corrected chi connectivity index (χ1v) is 8.02. The molecule has 3 N–H and O–H groups in total. The van der Waals surface area contributed by atoms with Crippen molar-refractivity contribution in [2.45, 2.75) is 39.0 Å². The molecule has 5 nitrogen and oxygen atoms in total. The summed E-state index contributed by atoms with van der Waals surface area (Å²) in [5.74, 6) is 0.400. The maximum atomic E-state index is 12.2. The number of nitrogens with two attached hydrogens (primary N) is 1. The number of unbranched alkanes of at least 4 members (excludes halogenated alkanes) is 1. The zero-order chi connectivity index (χ0) is 15.5. The standard InChI is InChI=1S/C17H22N4O/c1-2-3-5-12-6-4-7-13-14(18)16(21-20-15(12)13)17(22)19-10-11-8-9-11/h4,6-7,11H,2-3,5,8-10H2,1H3,(H2,18,20)(H,19,22). The summed E-state index contributed by atoms with van der Waals surface area (Å²) in [7, 11) is 0. The first-order valence-electron chi connectivity index (χ1n) is 8.02. The van der Waals surface area contributed by atoms with Crippen LogP contribution < -0.4 is 11.1 Å². The molecule has 0 atom stereocenters. The fourth-order valence-electron chi connectivity index (χ4n) is 2.59. The van der Waals surface area contributed by atoms with Crippen LogP contribution in [-0.2, 0) is 6.42 Å².